The number of nitrogen functional groups attached to an aromatic ring is 1. The molecule has 0 fully saturated rings. The topological polar surface area (TPSA) is 55.5 Å². The molecule has 18 heavy (non-hydrogen) atoms. The SMILES string of the molecule is Cc1cc(OCC(O)C(C)C)c(C(C)C)cc1N. The van der Waals surface area contributed by atoms with E-state index in [9.17, 15) is 5.11 Å². The second-order valence-corrected chi connectivity index (χ2v) is 5.52. The average molecular weight is 251 g/mol. The van der Waals surface area contributed by atoms with E-state index in [1.807, 2.05) is 32.9 Å². The Kier molecular flexibility index (Phi) is 5.03. The van der Waals surface area contributed by atoms with Crippen LogP contribution in [0.2, 0.25) is 0 Å². The van der Waals surface area contributed by atoms with Crippen LogP contribution in [0.5, 0.6) is 5.75 Å². The number of benzene rings is 1. The average Bonchev–Trinajstić information content (AvgIpc) is 2.29. The Morgan fingerprint density at radius 2 is 1.83 bits per heavy atom. The maximum absolute atomic E-state index is 9.79. The lowest BCUT2D eigenvalue weighted by molar-refractivity contribution is 0.0696. The van der Waals surface area contributed by atoms with E-state index in [4.69, 9.17) is 10.5 Å². The first-order valence-electron chi connectivity index (χ1n) is 6.53. The first-order chi connectivity index (χ1) is 8.32. The predicted molar refractivity (Wildman–Crippen MR) is 76.0 cm³/mol. The Hall–Kier alpha value is -1.22. The highest BCUT2D eigenvalue weighted by Gasteiger charge is 2.14. The van der Waals surface area contributed by atoms with Gasteiger partial charge in [0, 0.05) is 5.69 Å². The first kappa shape index (κ1) is 14.8. The molecule has 0 bridgehead atoms. The van der Waals surface area contributed by atoms with Crippen LogP contribution in [0.25, 0.3) is 0 Å². The minimum Gasteiger partial charge on any atom is -0.491 e. The number of aliphatic hydroxyl groups excluding tert-OH is 1. The Morgan fingerprint density at radius 1 is 1.22 bits per heavy atom. The molecule has 0 radical (unpaired) electrons. The van der Waals surface area contributed by atoms with Gasteiger partial charge in [-0.25, -0.2) is 0 Å². The van der Waals surface area contributed by atoms with E-state index in [-0.39, 0.29) is 5.92 Å². The van der Waals surface area contributed by atoms with Crippen molar-refractivity contribution in [1.29, 1.82) is 0 Å². The van der Waals surface area contributed by atoms with Crippen LogP contribution < -0.4 is 10.5 Å². The fourth-order valence-electron chi connectivity index (χ4n) is 1.66. The normalized spacial score (nSPS) is 13.1. The molecule has 0 aliphatic carbocycles. The van der Waals surface area contributed by atoms with Gasteiger partial charge < -0.3 is 15.6 Å². The zero-order chi connectivity index (χ0) is 13.9. The Balaban J connectivity index is 2.90. The van der Waals surface area contributed by atoms with Crippen LogP contribution in [0.15, 0.2) is 12.1 Å². The van der Waals surface area contributed by atoms with E-state index in [2.05, 4.69) is 13.8 Å². The van der Waals surface area contributed by atoms with Crippen molar-refractivity contribution in [3.05, 3.63) is 23.3 Å². The molecule has 0 aromatic heterocycles. The van der Waals surface area contributed by atoms with Gasteiger partial charge in [0.25, 0.3) is 0 Å². The van der Waals surface area contributed by atoms with Gasteiger partial charge in [-0.2, -0.15) is 0 Å². The van der Waals surface area contributed by atoms with Crippen LogP contribution in [-0.2, 0) is 0 Å². The van der Waals surface area contributed by atoms with Gasteiger partial charge in [0.05, 0.1) is 6.10 Å². The highest BCUT2D eigenvalue weighted by atomic mass is 16.5. The van der Waals surface area contributed by atoms with Crippen LogP contribution in [0.4, 0.5) is 5.69 Å². The third-order valence-electron chi connectivity index (χ3n) is 3.20. The standard InChI is InChI=1S/C15H25NO2/c1-9(2)12-7-13(16)11(5)6-15(12)18-8-14(17)10(3)4/h6-7,9-10,14,17H,8,16H2,1-5H3. The molecule has 0 aliphatic rings. The monoisotopic (exact) mass is 251 g/mol. The zero-order valence-corrected chi connectivity index (χ0v) is 12.0. The molecular weight excluding hydrogens is 226 g/mol. The van der Waals surface area contributed by atoms with Crippen LogP contribution in [0, 0.1) is 12.8 Å². The molecule has 102 valence electrons. The van der Waals surface area contributed by atoms with Crippen molar-refractivity contribution in [2.45, 2.75) is 46.6 Å². The van der Waals surface area contributed by atoms with E-state index in [1.165, 1.54) is 0 Å². The molecule has 1 rings (SSSR count). The molecule has 0 spiro atoms. The van der Waals surface area contributed by atoms with Gasteiger partial charge >= 0.3 is 0 Å². The van der Waals surface area contributed by atoms with Gasteiger partial charge in [0.2, 0.25) is 0 Å². The van der Waals surface area contributed by atoms with Gasteiger partial charge in [-0.3, -0.25) is 0 Å². The number of hydrogen-bond donors (Lipinski definition) is 2. The summed E-state index contributed by atoms with van der Waals surface area (Å²) in [5.74, 6) is 1.37. The molecule has 0 heterocycles. The Labute approximate surface area is 110 Å². The molecule has 3 nitrogen and oxygen atoms in total. The number of nitrogens with two attached hydrogens (primary N) is 1. The highest BCUT2D eigenvalue weighted by Crippen LogP contribution is 2.31. The molecule has 0 saturated heterocycles. The van der Waals surface area contributed by atoms with Crippen molar-refractivity contribution >= 4 is 5.69 Å². The van der Waals surface area contributed by atoms with Crippen LogP contribution >= 0.6 is 0 Å². The second-order valence-electron chi connectivity index (χ2n) is 5.52. The molecule has 0 aliphatic heterocycles. The minimum atomic E-state index is -0.442. The molecule has 1 aromatic carbocycles. The maximum Gasteiger partial charge on any atom is 0.123 e. The number of aliphatic hydroxyl groups is 1. The molecule has 3 N–H and O–H groups in total. The number of aryl methyl sites for hydroxylation is 1. The Bertz CT molecular complexity index is 400. The van der Waals surface area contributed by atoms with Gasteiger partial charge in [-0.15, -0.1) is 0 Å². The zero-order valence-electron chi connectivity index (χ0n) is 12.0. The minimum absolute atomic E-state index is 0.197. The molecule has 3 heteroatoms. The van der Waals surface area contributed by atoms with Crippen molar-refractivity contribution in [3.63, 3.8) is 0 Å². The van der Waals surface area contributed by atoms with Crippen molar-refractivity contribution in [1.82, 2.24) is 0 Å². The van der Waals surface area contributed by atoms with Gasteiger partial charge in [0.15, 0.2) is 0 Å². The molecule has 0 amide bonds. The molecule has 1 aromatic rings. The van der Waals surface area contributed by atoms with Crippen molar-refractivity contribution in [3.8, 4) is 5.75 Å². The van der Waals surface area contributed by atoms with Crippen molar-refractivity contribution in [2.75, 3.05) is 12.3 Å². The van der Waals surface area contributed by atoms with E-state index in [1.54, 1.807) is 0 Å². The number of anilines is 1. The maximum atomic E-state index is 9.79. The summed E-state index contributed by atoms with van der Waals surface area (Å²) in [4.78, 5) is 0. The molecule has 1 atom stereocenters. The van der Waals surface area contributed by atoms with E-state index < -0.39 is 6.10 Å². The predicted octanol–water partition coefficient (Wildman–Crippen LogP) is 3.10. The van der Waals surface area contributed by atoms with Crippen molar-refractivity contribution in [2.24, 2.45) is 5.92 Å². The Morgan fingerprint density at radius 3 is 2.33 bits per heavy atom. The van der Waals surface area contributed by atoms with Gasteiger partial charge in [0.1, 0.15) is 12.4 Å². The van der Waals surface area contributed by atoms with Gasteiger partial charge in [-0.05, 0) is 42.0 Å². The fraction of sp³-hybridized carbons (Fsp3) is 0.600. The molecular formula is C15H25NO2. The lowest BCUT2D eigenvalue weighted by Gasteiger charge is -2.19. The van der Waals surface area contributed by atoms with E-state index in [0.29, 0.717) is 12.5 Å². The summed E-state index contributed by atoms with van der Waals surface area (Å²) >= 11 is 0. The number of hydrogen-bond acceptors (Lipinski definition) is 3. The summed E-state index contributed by atoms with van der Waals surface area (Å²) in [6.45, 7) is 10.5. The molecule has 0 saturated carbocycles. The highest BCUT2D eigenvalue weighted by molar-refractivity contribution is 5.55. The second kappa shape index (κ2) is 6.10. The third kappa shape index (κ3) is 3.64. The summed E-state index contributed by atoms with van der Waals surface area (Å²) < 4.78 is 5.75. The summed E-state index contributed by atoms with van der Waals surface area (Å²) in [6, 6.07) is 3.93. The summed E-state index contributed by atoms with van der Waals surface area (Å²) in [5.41, 5.74) is 8.81. The number of ether oxygens (including phenoxy) is 1. The third-order valence-corrected chi connectivity index (χ3v) is 3.20. The summed E-state index contributed by atoms with van der Waals surface area (Å²) in [5, 5.41) is 9.79. The fourth-order valence-corrected chi connectivity index (χ4v) is 1.66. The molecule has 1 unspecified atom stereocenters. The largest absolute Gasteiger partial charge is 0.491 e. The van der Waals surface area contributed by atoms with Crippen molar-refractivity contribution < 1.29 is 9.84 Å². The number of rotatable bonds is 5. The van der Waals surface area contributed by atoms with E-state index in [0.717, 1.165) is 22.6 Å². The smallest absolute Gasteiger partial charge is 0.123 e. The lowest BCUT2D eigenvalue weighted by atomic mass is 9.99. The van der Waals surface area contributed by atoms with Crippen LogP contribution in [-0.4, -0.2) is 17.8 Å². The van der Waals surface area contributed by atoms with Gasteiger partial charge in [-0.1, -0.05) is 27.7 Å². The lowest BCUT2D eigenvalue weighted by Crippen LogP contribution is -2.23. The first-order valence-corrected chi connectivity index (χ1v) is 6.53. The summed E-state index contributed by atoms with van der Waals surface area (Å²) in [7, 11) is 0. The van der Waals surface area contributed by atoms with Crippen LogP contribution in [0.1, 0.15) is 44.7 Å². The van der Waals surface area contributed by atoms with Crippen LogP contribution in [0.3, 0.4) is 0 Å². The van der Waals surface area contributed by atoms with E-state index >= 15 is 0 Å². The quantitative estimate of drug-likeness (QED) is 0.791. The summed E-state index contributed by atoms with van der Waals surface area (Å²) in [6.07, 6.45) is -0.442.